The highest BCUT2D eigenvalue weighted by Crippen LogP contribution is 2.36. The lowest BCUT2D eigenvalue weighted by Crippen LogP contribution is -2.33. The molecule has 1 aromatic heterocycles. The number of benzene rings is 1. The van der Waals surface area contributed by atoms with Gasteiger partial charge in [-0.05, 0) is 24.1 Å². The van der Waals surface area contributed by atoms with E-state index in [0.29, 0.717) is 6.61 Å². The third-order valence-electron chi connectivity index (χ3n) is 4.84. The molecule has 0 bridgehead atoms. The lowest BCUT2D eigenvalue weighted by atomic mass is 9.97. The maximum atomic E-state index is 13.0. The molecule has 0 amide bonds. The normalized spacial score (nSPS) is 27.0. The molecule has 2 aliphatic rings. The molecule has 2 atom stereocenters. The Labute approximate surface area is 140 Å². The maximum absolute atomic E-state index is 13.0. The molecule has 24 heavy (non-hydrogen) atoms. The summed E-state index contributed by atoms with van der Waals surface area (Å²) in [6.07, 6.45) is 7.10. The topological polar surface area (TPSA) is 50.3 Å². The molecule has 1 spiro atoms. The van der Waals surface area contributed by atoms with Crippen molar-refractivity contribution in [3.8, 4) is 0 Å². The number of nitrogens with one attached hydrogen (secondary N) is 1. The summed E-state index contributed by atoms with van der Waals surface area (Å²) in [5.41, 5.74) is 1.07. The van der Waals surface area contributed by atoms with Crippen LogP contribution in [0.2, 0.25) is 0 Å². The maximum Gasteiger partial charge on any atom is 0.144 e. The molecule has 3 heterocycles. The van der Waals surface area contributed by atoms with Gasteiger partial charge in [0.05, 0.1) is 24.4 Å². The second kappa shape index (κ2) is 6.45. The van der Waals surface area contributed by atoms with E-state index in [9.17, 15) is 4.39 Å². The van der Waals surface area contributed by atoms with Gasteiger partial charge in [0.15, 0.2) is 0 Å². The summed E-state index contributed by atoms with van der Waals surface area (Å²) >= 11 is 0. The number of anilines is 1. The van der Waals surface area contributed by atoms with Gasteiger partial charge in [0.25, 0.3) is 0 Å². The first-order chi connectivity index (χ1) is 11.7. The van der Waals surface area contributed by atoms with E-state index in [1.807, 2.05) is 12.1 Å². The van der Waals surface area contributed by atoms with Crippen molar-refractivity contribution in [1.82, 2.24) is 14.9 Å². The van der Waals surface area contributed by atoms with Gasteiger partial charge >= 0.3 is 0 Å². The predicted octanol–water partition coefficient (Wildman–Crippen LogP) is 2.46. The predicted molar refractivity (Wildman–Crippen MR) is 89.0 cm³/mol. The average Bonchev–Trinajstić information content (AvgIpc) is 3.17. The zero-order chi connectivity index (χ0) is 16.4. The Morgan fingerprint density at radius 3 is 2.96 bits per heavy atom. The second-order valence-electron chi connectivity index (χ2n) is 6.72. The Morgan fingerprint density at radius 1 is 1.29 bits per heavy atom. The molecule has 126 valence electrons. The summed E-state index contributed by atoms with van der Waals surface area (Å²) in [6.45, 7) is 3.47. The lowest BCUT2D eigenvalue weighted by Gasteiger charge is -2.23. The minimum Gasteiger partial charge on any atom is -0.371 e. The van der Waals surface area contributed by atoms with Crippen molar-refractivity contribution in [1.29, 1.82) is 0 Å². The molecule has 1 N–H and O–H groups in total. The van der Waals surface area contributed by atoms with Crippen LogP contribution in [0.5, 0.6) is 0 Å². The first-order valence-electron chi connectivity index (χ1n) is 8.34. The van der Waals surface area contributed by atoms with Crippen molar-refractivity contribution in [3.63, 3.8) is 0 Å². The smallest absolute Gasteiger partial charge is 0.144 e. The number of halogens is 1. The van der Waals surface area contributed by atoms with Gasteiger partial charge in [-0.25, -0.2) is 9.37 Å². The van der Waals surface area contributed by atoms with Gasteiger partial charge in [-0.3, -0.25) is 9.88 Å². The van der Waals surface area contributed by atoms with Crippen molar-refractivity contribution in [2.45, 2.75) is 31.0 Å². The SMILES string of the molecule is Fc1ccc(CN2CCC3(CC(Nc4cnccn4)CO3)C2)cc1. The van der Waals surface area contributed by atoms with Crippen LogP contribution in [0.4, 0.5) is 10.2 Å². The van der Waals surface area contributed by atoms with Gasteiger partial charge < -0.3 is 10.1 Å². The number of ether oxygens (including phenoxy) is 1. The van der Waals surface area contributed by atoms with E-state index >= 15 is 0 Å². The molecule has 4 rings (SSSR count). The van der Waals surface area contributed by atoms with Crippen LogP contribution in [-0.4, -0.2) is 46.2 Å². The van der Waals surface area contributed by atoms with Crippen molar-refractivity contribution in [3.05, 3.63) is 54.2 Å². The highest BCUT2D eigenvalue weighted by atomic mass is 19.1. The monoisotopic (exact) mass is 328 g/mol. The number of likely N-dealkylation sites (tertiary alicyclic amines) is 1. The first-order valence-corrected chi connectivity index (χ1v) is 8.34. The molecule has 2 fully saturated rings. The average molecular weight is 328 g/mol. The molecule has 0 saturated carbocycles. The van der Waals surface area contributed by atoms with E-state index in [2.05, 4.69) is 20.2 Å². The molecular weight excluding hydrogens is 307 g/mol. The van der Waals surface area contributed by atoms with E-state index in [-0.39, 0.29) is 17.5 Å². The van der Waals surface area contributed by atoms with Crippen LogP contribution in [0.25, 0.3) is 0 Å². The molecule has 1 aromatic carbocycles. The van der Waals surface area contributed by atoms with Crippen LogP contribution >= 0.6 is 0 Å². The summed E-state index contributed by atoms with van der Waals surface area (Å²) in [6, 6.07) is 7.03. The van der Waals surface area contributed by atoms with E-state index in [1.54, 1.807) is 18.6 Å². The minimum absolute atomic E-state index is 0.0695. The summed E-state index contributed by atoms with van der Waals surface area (Å²) in [7, 11) is 0. The Kier molecular flexibility index (Phi) is 4.16. The fourth-order valence-corrected chi connectivity index (χ4v) is 3.71. The zero-order valence-corrected chi connectivity index (χ0v) is 13.5. The zero-order valence-electron chi connectivity index (χ0n) is 13.5. The van der Waals surface area contributed by atoms with Crippen molar-refractivity contribution in [2.24, 2.45) is 0 Å². The van der Waals surface area contributed by atoms with E-state index in [0.717, 1.165) is 43.9 Å². The molecular formula is C18H21FN4O. The van der Waals surface area contributed by atoms with E-state index in [4.69, 9.17) is 4.74 Å². The highest BCUT2D eigenvalue weighted by Gasteiger charge is 2.45. The Bertz CT molecular complexity index is 681. The molecule has 0 radical (unpaired) electrons. The van der Waals surface area contributed by atoms with Crippen LogP contribution in [0.1, 0.15) is 18.4 Å². The van der Waals surface area contributed by atoms with Crippen LogP contribution in [0.3, 0.4) is 0 Å². The van der Waals surface area contributed by atoms with Gasteiger partial charge in [-0.1, -0.05) is 12.1 Å². The van der Waals surface area contributed by atoms with Crippen LogP contribution in [0.15, 0.2) is 42.9 Å². The third-order valence-corrected chi connectivity index (χ3v) is 4.84. The molecule has 6 heteroatoms. The lowest BCUT2D eigenvalue weighted by molar-refractivity contribution is 0.0120. The van der Waals surface area contributed by atoms with Crippen LogP contribution < -0.4 is 5.32 Å². The summed E-state index contributed by atoms with van der Waals surface area (Å²) in [5.74, 6) is 0.609. The standard InChI is InChI=1S/C18H21FN4O/c19-15-3-1-14(2-4-15)11-23-8-5-18(13-23)9-16(12-24-18)22-17-10-20-6-7-21-17/h1-4,6-7,10,16H,5,8-9,11-13H2,(H,21,22). The summed E-state index contributed by atoms with van der Waals surface area (Å²) in [4.78, 5) is 10.7. The number of nitrogens with zero attached hydrogens (tertiary/aromatic N) is 3. The summed E-state index contributed by atoms with van der Waals surface area (Å²) in [5, 5.41) is 3.40. The Morgan fingerprint density at radius 2 is 2.17 bits per heavy atom. The number of aromatic nitrogens is 2. The molecule has 5 nitrogen and oxygen atoms in total. The largest absolute Gasteiger partial charge is 0.371 e. The Hall–Kier alpha value is -2.05. The van der Waals surface area contributed by atoms with Crippen molar-refractivity contribution < 1.29 is 9.13 Å². The van der Waals surface area contributed by atoms with E-state index < -0.39 is 0 Å². The second-order valence-corrected chi connectivity index (χ2v) is 6.72. The van der Waals surface area contributed by atoms with Gasteiger partial charge in [0, 0.05) is 38.4 Å². The number of hydrogen-bond donors (Lipinski definition) is 1. The van der Waals surface area contributed by atoms with Gasteiger partial charge in [-0.2, -0.15) is 0 Å². The quantitative estimate of drug-likeness (QED) is 0.934. The first kappa shape index (κ1) is 15.5. The fraction of sp³-hybridized carbons (Fsp3) is 0.444. The van der Waals surface area contributed by atoms with Crippen LogP contribution in [-0.2, 0) is 11.3 Å². The summed E-state index contributed by atoms with van der Waals surface area (Å²) < 4.78 is 19.2. The van der Waals surface area contributed by atoms with Crippen molar-refractivity contribution in [2.75, 3.05) is 25.0 Å². The number of rotatable bonds is 4. The van der Waals surface area contributed by atoms with Gasteiger partial charge in [-0.15, -0.1) is 0 Å². The number of hydrogen-bond acceptors (Lipinski definition) is 5. The van der Waals surface area contributed by atoms with Gasteiger partial charge in [0.2, 0.25) is 0 Å². The molecule has 0 aliphatic carbocycles. The van der Waals surface area contributed by atoms with Gasteiger partial charge in [0.1, 0.15) is 11.6 Å². The third kappa shape index (κ3) is 3.39. The van der Waals surface area contributed by atoms with Crippen LogP contribution in [0, 0.1) is 5.82 Å². The Balaban J connectivity index is 1.33. The van der Waals surface area contributed by atoms with Crippen molar-refractivity contribution >= 4 is 5.82 Å². The fourth-order valence-electron chi connectivity index (χ4n) is 3.71. The molecule has 2 aliphatic heterocycles. The molecule has 2 saturated heterocycles. The highest BCUT2D eigenvalue weighted by molar-refractivity contribution is 5.32. The minimum atomic E-state index is -0.186. The molecule has 2 aromatic rings. The molecule has 2 unspecified atom stereocenters. The van der Waals surface area contributed by atoms with E-state index in [1.165, 1.54) is 12.1 Å².